The van der Waals surface area contributed by atoms with Crippen molar-refractivity contribution in [2.45, 2.75) is 51.6 Å². The molecule has 2 atom stereocenters. The number of carbonyl (C=O) groups is 3. The second-order valence-corrected chi connectivity index (χ2v) is 6.49. The summed E-state index contributed by atoms with van der Waals surface area (Å²) in [5.41, 5.74) is 0.747. The Labute approximate surface area is 169 Å². The number of carbonyl (C=O) groups excluding carboxylic acids is 3. The molecule has 29 heavy (non-hydrogen) atoms. The number of fused-ring (bicyclic) bond motifs is 1. The molecule has 0 amide bonds. The third kappa shape index (κ3) is 6.26. The molecule has 1 unspecified atom stereocenters. The first kappa shape index (κ1) is 22.3. The van der Waals surface area contributed by atoms with Gasteiger partial charge in [0.25, 0.3) is 0 Å². The van der Waals surface area contributed by atoms with Crippen LogP contribution in [0.3, 0.4) is 0 Å². The van der Waals surface area contributed by atoms with Gasteiger partial charge in [-0.15, -0.1) is 12.3 Å². The molecule has 0 saturated carbocycles. The average Bonchev–Trinajstić information content (AvgIpc) is 2.66. The first-order valence-electron chi connectivity index (χ1n) is 9.31. The Balaban J connectivity index is 2.06. The highest BCUT2D eigenvalue weighted by molar-refractivity contribution is 6.47. The number of rotatable bonds is 8. The molecule has 9 heteroatoms. The maximum atomic E-state index is 12.5. The first-order chi connectivity index (χ1) is 13.8. The van der Waals surface area contributed by atoms with Crippen LogP contribution in [-0.4, -0.2) is 42.9 Å². The van der Waals surface area contributed by atoms with E-state index in [0.29, 0.717) is 18.4 Å². The normalized spacial score (nSPS) is 15.9. The molecule has 1 heterocycles. The summed E-state index contributed by atoms with van der Waals surface area (Å²) < 4.78 is 20.0. The van der Waals surface area contributed by atoms with Gasteiger partial charge < -0.3 is 23.9 Å². The van der Waals surface area contributed by atoms with Gasteiger partial charge in [0, 0.05) is 32.0 Å². The molecule has 0 saturated heterocycles. The van der Waals surface area contributed by atoms with Crippen LogP contribution >= 0.6 is 0 Å². The predicted molar refractivity (Wildman–Crippen MR) is 103 cm³/mol. The highest BCUT2D eigenvalue weighted by atomic mass is 16.8. The van der Waals surface area contributed by atoms with Crippen molar-refractivity contribution in [3.05, 3.63) is 29.3 Å². The molecule has 2 rings (SSSR count). The fourth-order valence-electron chi connectivity index (χ4n) is 2.95. The highest BCUT2D eigenvalue weighted by Crippen LogP contribution is 2.36. The van der Waals surface area contributed by atoms with Gasteiger partial charge in [-0.05, 0) is 25.0 Å². The smallest absolute Gasteiger partial charge is 0.526 e. The summed E-state index contributed by atoms with van der Waals surface area (Å²) >= 11 is 0. The molecule has 0 bridgehead atoms. The van der Waals surface area contributed by atoms with E-state index in [0.717, 1.165) is 0 Å². The fraction of sp³-hybridized carbons (Fsp3) is 0.450. The average molecular weight is 402 g/mol. The van der Waals surface area contributed by atoms with Crippen LogP contribution in [0.1, 0.15) is 49.0 Å². The summed E-state index contributed by atoms with van der Waals surface area (Å²) in [6.45, 7) is 3.12. The maximum absolute atomic E-state index is 12.5. The molecule has 1 aromatic rings. The topological polar surface area (TPSA) is 108 Å². The van der Waals surface area contributed by atoms with E-state index in [2.05, 4.69) is 10.7 Å². The molecule has 1 N–H and O–H groups in total. The Hall–Kier alpha value is -2.99. The molecule has 0 aromatic heterocycles. The summed E-state index contributed by atoms with van der Waals surface area (Å²) in [6, 6.07) is 4.86. The molecule has 0 fully saturated rings. The minimum atomic E-state index is -1.25. The third-order valence-electron chi connectivity index (χ3n) is 4.28. The highest BCUT2D eigenvalue weighted by Gasteiger charge is 2.38. The maximum Gasteiger partial charge on any atom is 0.526 e. The van der Waals surface area contributed by atoms with Crippen LogP contribution in [0.15, 0.2) is 18.2 Å². The van der Waals surface area contributed by atoms with Crippen LogP contribution in [0.2, 0.25) is 5.82 Å². The molecule has 0 spiro atoms. The molecule has 0 radical (unpaired) electrons. The monoisotopic (exact) mass is 402 g/mol. The van der Waals surface area contributed by atoms with Crippen LogP contribution in [0.4, 0.5) is 4.79 Å². The van der Waals surface area contributed by atoms with Crippen molar-refractivity contribution in [2.24, 2.45) is 0 Å². The van der Waals surface area contributed by atoms with Crippen molar-refractivity contribution < 1.29 is 38.3 Å². The number of benzene rings is 1. The van der Waals surface area contributed by atoms with Crippen LogP contribution < -0.4 is 4.65 Å². The molecule has 154 valence electrons. The van der Waals surface area contributed by atoms with Crippen LogP contribution in [0.5, 0.6) is 5.75 Å². The lowest BCUT2D eigenvalue weighted by molar-refractivity contribution is -0.119. The Morgan fingerprint density at radius 2 is 2.14 bits per heavy atom. The van der Waals surface area contributed by atoms with Gasteiger partial charge in [0.05, 0.1) is 6.61 Å². The summed E-state index contributed by atoms with van der Waals surface area (Å²) in [6.07, 6.45) is 4.12. The number of para-hydroxylation sites is 1. The number of terminal acetylenes is 1. The predicted octanol–water partition coefficient (Wildman–Crippen LogP) is 2.52. The fourth-order valence-corrected chi connectivity index (χ4v) is 2.95. The van der Waals surface area contributed by atoms with Gasteiger partial charge in [-0.1, -0.05) is 12.1 Å². The van der Waals surface area contributed by atoms with Crippen molar-refractivity contribution in [1.29, 1.82) is 0 Å². The number of Topliss-reactive ketones (excluding diaryl/α,β-unsaturated/α-hetero) is 1. The van der Waals surface area contributed by atoms with Gasteiger partial charge in [-0.2, -0.15) is 0 Å². The molecule has 1 aromatic carbocycles. The van der Waals surface area contributed by atoms with E-state index in [1.54, 1.807) is 19.1 Å². The Morgan fingerprint density at radius 3 is 2.83 bits per heavy atom. The van der Waals surface area contributed by atoms with Crippen LogP contribution in [0, 0.1) is 12.3 Å². The second kappa shape index (κ2) is 10.5. The van der Waals surface area contributed by atoms with Crippen LogP contribution in [0.25, 0.3) is 0 Å². The quantitative estimate of drug-likeness (QED) is 0.306. The largest absolute Gasteiger partial charge is 0.535 e. The molecular weight excluding hydrogens is 379 g/mol. The SMILES string of the molecule is C#CCCC(=O)C[C@H]1Cc2cccc(C(=O)OC(C)OC(=O)OCC)c2OB1O. The Kier molecular flexibility index (Phi) is 8.10. The van der Waals surface area contributed by atoms with Gasteiger partial charge in [-0.25, -0.2) is 9.59 Å². The van der Waals surface area contributed by atoms with Crippen molar-refractivity contribution in [3.8, 4) is 18.1 Å². The lowest BCUT2D eigenvalue weighted by Gasteiger charge is -2.28. The number of hydrogen-bond acceptors (Lipinski definition) is 8. The number of esters is 1. The van der Waals surface area contributed by atoms with E-state index in [-0.39, 0.29) is 36.5 Å². The van der Waals surface area contributed by atoms with Crippen molar-refractivity contribution >= 4 is 25.0 Å². The lowest BCUT2D eigenvalue weighted by atomic mass is 9.64. The molecular formula is C20H23BO8. The summed E-state index contributed by atoms with van der Waals surface area (Å²) in [7, 11) is -1.25. The number of hydrogen-bond donors (Lipinski definition) is 1. The number of ketones is 1. The molecule has 8 nitrogen and oxygen atoms in total. The van der Waals surface area contributed by atoms with E-state index in [1.807, 2.05) is 0 Å². The Morgan fingerprint density at radius 1 is 1.38 bits per heavy atom. The van der Waals surface area contributed by atoms with Gasteiger partial charge in [0.1, 0.15) is 17.1 Å². The van der Waals surface area contributed by atoms with E-state index >= 15 is 0 Å². The zero-order valence-corrected chi connectivity index (χ0v) is 16.4. The van der Waals surface area contributed by atoms with Crippen molar-refractivity contribution in [3.63, 3.8) is 0 Å². The number of ether oxygens (including phenoxy) is 3. The van der Waals surface area contributed by atoms with E-state index in [4.69, 9.17) is 20.6 Å². The lowest BCUT2D eigenvalue weighted by Crippen LogP contribution is -2.36. The van der Waals surface area contributed by atoms with Gasteiger partial charge in [0.2, 0.25) is 6.29 Å². The summed E-state index contributed by atoms with van der Waals surface area (Å²) in [5, 5.41) is 10.3. The van der Waals surface area contributed by atoms with Crippen molar-refractivity contribution in [2.75, 3.05) is 6.61 Å². The van der Waals surface area contributed by atoms with Crippen molar-refractivity contribution in [1.82, 2.24) is 0 Å². The molecule has 1 aliphatic rings. The van der Waals surface area contributed by atoms with Gasteiger partial charge in [0.15, 0.2) is 0 Å². The zero-order chi connectivity index (χ0) is 21.4. The summed E-state index contributed by atoms with van der Waals surface area (Å²) in [4.78, 5) is 35.7. The Bertz CT molecular complexity index is 800. The minimum Gasteiger partial charge on any atom is -0.535 e. The first-order valence-corrected chi connectivity index (χ1v) is 9.31. The van der Waals surface area contributed by atoms with E-state index < -0.39 is 31.4 Å². The van der Waals surface area contributed by atoms with Gasteiger partial charge >= 0.3 is 19.2 Å². The third-order valence-corrected chi connectivity index (χ3v) is 4.28. The molecule has 1 aliphatic heterocycles. The second-order valence-electron chi connectivity index (χ2n) is 6.49. The van der Waals surface area contributed by atoms with E-state index in [9.17, 15) is 19.4 Å². The summed E-state index contributed by atoms with van der Waals surface area (Å²) in [5.74, 6) is 1.31. The minimum absolute atomic E-state index is 0.0560. The zero-order valence-electron chi connectivity index (χ0n) is 16.4. The standard InChI is InChI=1S/C20H23BO8/c1-4-6-9-16(22)12-15-11-14-8-7-10-17(18(14)29-21(15)25)19(23)27-13(3)28-20(24)26-5-2/h1,7-8,10,13,15,25H,5-6,9,11-12H2,2-3H3/t13?,15-/m1/s1. The van der Waals surface area contributed by atoms with Crippen LogP contribution in [-0.2, 0) is 25.4 Å². The molecule has 0 aliphatic carbocycles. The van der Waals surface area contributed by atoms with E-state index in [1.165, 1.54) is 13.0 Å². The van der Waals surface area contributed by atoms with Gasteiger partial charge in [-0.3, -0.25) is 4.79 Å².